The highest BCUT2D eigenvalue weighted by Crippen LogP contribution is 2.31. The molecule has 0 amide bonds. The Morgan fingerprint density at radius 3 is 2.68 bits per heavy atom. The van der Waals surface area contributed by atoms with E-state index in [4.69, 9.17) is 4.74 Å². The van der Waals surface area contributed by atoms with Crippen LogP contribution in [0.15, 0.2) is 60.8 Å². The second kappa shape index (κ2) is 6.49. The second-order valence-electron chi connectivity index (χ2n) is 5.38. The Hall–Kier alpha value is -2.99. The van der Waals surface area contributed by atoms with Crippen molar-refractivity contribution in [1.82, 2.24) is 14.6 Å². The first kappa shape index (κ1) is 15.5. The summed E-state index contributed by atoms with van der Waals surface area (Å²) in [6.45, 7) is 2.14. The third-order valence-electron chi connectivity index (χ3n) is 3.81. The fraction of sp³-hybridized carbons (Fsp3) is 0.105. The van der Waals surface area contributed by atoms with Crippen molar-refractivity contribution in [2.75, 3.05) is 6.61 Å². The summed E-state index contributed by atoms with van der Waals surface area (Å²) in [6.07, 6.45) is 1.81. The van der Waals surface area contributed by atoms with Gasteiger partial charge in [0.15, 0.2) is 0 Å². The van der Waals surface area contributed by atoms with Gasteiger partial charge in [0.25, 0.3) is 0 Å². The van der Waals surface area contributed by atoms with Gasteiger partial charge in [0.2, 0.25) is 4.96 Å². The molecule has 0 fully saturated rings. The van der Waals surface area contributed by atoms with Crippen molar-refractivity contribution in [3.8, 4) is 21.8 Å². The molecule has 2 heterocycles. The smallest absolute Gasteiger partial charge is 0.338 e. The molecule has 4 rings (SSSR count). The minimum atomic E-state index is -0.339. The Bertz CT molecular complexity index is 1040. The van der Waals surface area contributed by atoms with Crippen LogP contribution in [0.3, 0.4) is 0 Å². The van der Waals surface area contributed by atoms with Gasteiger partial charge < -0.3 is 4.74 Å². The highest BCUT2D eigenvalue weighted by molar-refractivity contribution is 7.19. The molecular formula is C19H15N3O2S. The van der Waals surface area contributed by atoms with Crippen LogP contribution in [0, 0.1) is 0 Å². The van der Waals surface area contributed by atoms with E-state index in [9.17, 15) is 4.79 Å². The van der Waals surface area contributed by atoms with E-state index in [-0.39, 0.29) is 5.97 Å². The summed E-state index contributed by atoms with van der Waals surface area (Å²) in [7, 11) is 0. The molecule has 0 radical (unpaired) electrons. The number of carbonyl (C=O) groups is 1. The molecule has 0 aliphatic rings. The molecule has 2 aromatic heterocycles. The zero-order valence-corrected chi connectivity index (χ0v) is 14.4. The number of imidazole rings is 1. The van der Waals surface area contributed by atoms with E-state index >= 15 is 0 Å². The van der Waals surface area contributed by atoms with Crippen molar-refractivity contribution in [1.29, 1.82) is 0 Å². The fourth-order valence-corrected chi connectivity index (χ4v) is 3.58. The van der Waals surface area contributed by atoms with Crippen molar-refractivity contribution >= 4 is 22.3 Å². The zero-order chi connectivity index (χ0) is 17.2. The summed E-state index contributed by atoms with van der Waals surface area (Å²) < 4.78 is 6.97. The minimum Gasteiger partial charge on any atom is -0.462 e. The van der Waals surface area contributed by atoms with Crippen molar-refractivity contribution in [2.24, 2.45) is 0 Å². The maximum atomic E-state index is 12.2. The highest BCUT2D eigenvalue weighted by Gasteiger charge is 2.18. The van der Waals surface area contributed by atoms with Gasteiger partial charge in [-0.25, -0.2) is 14.3 Å². The summed E-state index contributed by atoms with van der Waals surface area (Å²) in [6, 6.07) is 17.3. The molecular weight excluding hydrogens is 334 g/mol. The summed E-state index contributed by atoms with van der Waals surface area (Å²) in [5.41, 5.74) is 3.25. The molecule has 124 valence electrons. The Morgan fingerprint density at radius 1 is 1.12 bits per heavy atom. The third kappa shape index (κ3) is 2.81. The van der Waals surface area contributed by atoms with Crippen molar-refractivity contribution in [3.05, 3.63) is 66.4 Å². The molecule has 0 aliphatic carbocycles. The van der Waals surface area contributed by atoms with Crippen LogP contribution >= 0.6 is 11.3 Å². The molecule has 25 heavy (non-hydrogen) atoms. The van der Waals surface area contributed by atoms with Crippen molar-refractivity contribution < 1.29 is 9.53 Å². The third-order valence-corrected chi connectivity index (χ3v) is 4.76. The molecule has 0 N–H and O–H groups in total. The van der Waals surface area contributed by atoms with E-state index in [1.54, 1.807) is 13.0 Å². The normalized spacial score (nSPS) is 10.9. The first-order valence-corrected chi connectivity index (χ1v) is 8.76. The maximum absolute atomic E-state index is 12.2. The standard InChI is InChI=1S/C19H15N3O2S/c1-2-24-18(23)15-11-7-6-10-14(15)17-21-22-16(12-20-19(22)25-17)13-8-4-3-5-9-13/h3-12H,2H2,1H3. The number of ether oxygens (including phenoxy) is 1. The number of rotatable bonds is 4. The van der Waals surface area contributed by atoms with E-state index in [1.165, 1.54) is 11.3 Å². The van der Waals surface area contributed by atoms with E-state index in [1.807, 2.05) is 59.2 Å². The van der Waals surface area contributed by atoms with Crippen molar-refractivity contribution in [2.45, 2.75) is 6.92 Å². The number of fused-ring (bicyclic) bond motifs is 1. The number of aromatic nitrogens is 3. The lowest BCUT2D eigenvalue weighted by molar-refractivity contribution is 0.0527. The Morgan fingerprint density at radius 2 is 1.88 bits per heavy atom. The van der Waals surface area contributed by atoms with Crippen LogP contribution in [0.4, 0.5) is 0 Å². The first-order chi connectivity index (χ1) is 12.3. The Balaban J connectivity index is 1.82. The van der Waals surface area contributed by atoms with Gasteiger partial charge in [0.1, 0.15) is 5.01 Å². The molecule has 4 aromatic rings. The van der Waals surface area contributed by atoms with Gasteiger partial charge in [-0.2, -0.15) is 5.10 Å². The van der Waals surface area contributed by atoms with Crippen LogP contribution in [0.2, 0.25) is 0 Å². The minimum absolute atomic E-state index is 0.339. The number of esters is 1. The first-order valence-electron chi connectivity index (χ1n) is 7.94. The van der Waals surface area contributed by atoms with Crippen LogP contribution < -0.4 is 0 Å². The summed E-state index contributed by atoms with van der Waals surface area (Å²) in [5.74, 6) is -0.339. The van der Waals surface area contributed by atoms with Crippen LogP contribution in [-0.2, 0) is 4.74 Å². The molecule has 5 nitrogen and oxygen atoms in total. The summed E-state index contributed by atoms with van der Waals surface area (Å²) >= 11 is 1.45. The van der Waals surface area contributed by atoms with Gasteiger partial charge in [0.05, 0.1) is 24.1 Å². The van der Waals surface area contributed by atoms with Crippen LogP contribution in [0.25, 0.3) is 26.8 Å². The van der Waals surface area contributed by atoms with Crippen LogP contribution in [0.5, 0.6) is 0 Å². The molecule has 0 unspecified atom stereocenters. The monoisotopic (exact) mass is 349 g/mol. The lowest BCUT2D eigenvalue weighted by Gasteiger charge is -2.05. The molecule has 0 saturated carbocycles. The molecule has 0 spiro atoms. The maximum Gasteiger partial charge on any atom is 0.338 e. The lowest BCUT2D eigenvalue weighted by Crippen LogP contribution is -2.06. The topological polar surface area (TPSA) is 56.5 Å². The summed E-state index contributed by atoms with van der Waals surface area (Å²) in [4.78, 5) is 17.5. The largest absolute Gasteiger partial charge is 0.462 e. The predicted octanol–water partition coefficient (Wildman–Crippen LogP) is 4.30. The van der Waals surface area contributed by atoms with Gasteiger partial charge in [-0.1, -0.05) is 59.9 Å². The van der Waals surface area contributed by atoms with Crippen LogP contribution in [0.1, 0.15) is 17.3 Å². The van der Waals surface area contributed by atoms with Gasteiger partial charge in [-0.3, -0.25) is 0 Å². The molecule has 0 bridgehead atoms. The Kier molecular flexibility index (Phi) is 4.03. The van der Waals surface area contributed by atoms with E-state index in [0.29, 0.717) is 12.2 Å². The number of nitrogens with zero attached hydrogens (tertiary/aromatic N) is 3. The van der Waals surface area contributed by atoms with Gasteiger partial charge in [-0.15, -0.1) is 0 Å². The SMILES string of the molecule is CCOC(=O)c1ccccc1-c1nn2c(-c3ccccc3)cnc2s1. The fourth-order valence-electron chi connectivity index (χ4n) is 2.66. The van der Waals surface area contributed by atoms with E-state index in [0.717, 1.165) is 26.8 Å². The Labute approximate surface area is 148 Å². The predicted molar refractivity (Wildman–Crippen MR) is 97.7 cm³/mol. The van der Waals surface area contributed by atoms with E-state index in [2.05, 4.69) is 10.1 Å². The van der Waals surface area contributed by atoms with Crippen LogP contribution in [-0.4, -0.2) is 27.2 Å². The number of benzene rings is 2. The zero-order valence-electron chi connectivity index (χ0n) is 13.5. The molecule has 0 saturated heterocycles. The summed E-state index contributed by atoms with van der Waals surface area (Å²) in [5, 5.41) is 5.43. The van der Waals surface area contributed by atoms with Gasteiger partial charge in [-0.05, 0) is 13.0 Å². The van der Waals surface area contributed by atoms with Gasteiger partial charge in [0, 0.05) is 11.1 Å². The molecule has 2 aromatic carbocycles. The molecule has 0 atom stereocenters. The number of hydrogen-bond donors (Lipinski definition) is 0. The van der Waals surface area contributed by atoms with Crippen molar-refractivity contribution in [3.63, 3.8) is 0 Å². The second-order valence-corrected chi connectivity index (χ2v) is 6.33. The quantitative estimate of drug-likeness (QED) is 0.515. The molecule has 0 aliphatic heterocycles. The highest BCUT2D eigenvalue weighted by atomic mass is 32.1. The number of carbonyl (C=O) groups excluding carboxylic acids is 1. The molecule has 6 heteroatoms. The van der Waals surface area contributed by atoms with E-state index < -0.39 is 0 Å². The average molecular weight is 349 g/mol. The van der Waals surface area contributed by atoms with Gasteiger partial charge >= 0.3 is 5.97 Å². The average Bonchev–Trinajstić information content (AvgIpc) is 3.23. The lowest BCUT2D eigenvalue weighted by atomic mass is 10.1. The number of hydrogen-bond acceptors (Lipinski definition) is 5.